The molecule has 2 heteroatoms. The first-order valence-corrected chi connectivity index (χ1v) is 3.94. The van der Waals surface area contributed by atoms with Gasteiger partial charge in [0.15, 0.2) is 0 Å². The Kier molecular flexibility index (Phi) is 5.17. The Hall–Kier alpha value is -1.05. The topological polar surface area (TPSA) is 24.9 Å². The molecule has 0 radical (unpaired) electrons. The van der Waals surface area contributed by atoms with Crippen LogP contribution in [0.25, 0.3) is 0 Å². The second kappa shape index (κ2) is 5.71. The maximum absolute atomic E-state index is 4.09. The fourth-order valence-corrected chi connectivity index (χ4v) is 0.747. The normalized spacial score (nSPS) is 8.00. The molecule has 0 fully saturated rings. The molecular weight excluding hydrogens is 136 g/mol. The summed E-state index contributed by atoms with van der Waals surface area (Å²) in [6, 6.07) is 3.95. The molecule has 1 rings (SSSR count). The van der Waals surface area contributed by atoms with Gasteiger partial charge in [-0.25, -0.2) is 4.98 Å². The molecule has 62 valence electrons. The van der Waals surface area contributed by atoms with Crippen LogP contribution in [0.4, 0.5) is 5.82 Å². The van der Waals surface area contributed by atoms with E-state index in [1.165, 1.54) is 5.56 Å². The third-order valence-corrected chi connectivity index (χ3v) is 1.25. The highest BCUT2D eigenvalue weighted by Crippen LogP contribution is 2.06. The SMILES string of the molecule is CC.CNc1ncccc1C. The van der Waals surface area contributed by atoms with Gasteiger partial charge in [-0.15, -0.1) is 0 Å². The van der Waals surface area contributed by atoms with Gasteiger partial charge in [-0.05, 0) is 18.6 Å². The molecule has 0 unspecified atom stereocenters. The van der Waals surface area contributed by atoms with Gasteiger partial charge < -0.3 is 5.32 Å². The maximum Gasteiger partial charge on any atom is 0.128 e. The molecule has 1 aromatic rings. The van der Waals surface area contributed by atoms with Gasteiger partial charge in [0.05, 0.1) is 0 Å². The zero-order valence-electron chi connectivity index (χ0n) is 7.68. The Morgan fingerprint density at radius 3 is 2.36 bits per heavy atom. The number of aromatic nitrogens is 1. The van der Waals surface area contributed by atoms with Crippen LogP contribution < -0.4 is 5.32 Å². The number of pyridine rings is 1. The number of hydrogen-bond donors (Lipinski definition) is 1. The number of aryl methyl sites for hydroxylation is 1. The number of hydrogen-bond acceptors (Lipinski definition) is 2. The average Bonchev–Trinajstić information content (AvgIpc) is 2.09. The summed E-state index contributed by atoms with van der Waals surface area (Å²) in [6.07, 6.45) is 1.78. The molecule has 11 heavy (non-hydrogen) atoms. The third kappa shape index (κ3) is 3.03. The van der Waals surface area contributed by atoms with Crippen molar-refractivity contribution in [3.63, 3.8) is 0 Å². The van der Waals surface area contributed by atoms with Crippen molar-refractivity contribution in [2.45, 2.75) is 20.8 Å². The number of nitrogens with one attached hydrogen (secondary N) is 1. The molecule has 0 aliphatic carbocycles. The van der Waals surface area contributed by atoms with Crippen molar-refractivity contribution in [1.29, 1.82) is 0 Å². The number of rotatable bonds is 1. The van der Waals surface area contributed by atoms with E-state index in [1.54, 1.807) is 6.20 Å². The summed E-state index contributed by atoms with van der Waals surface area (Å²) >= 11 is 0. The first kappa shape index (κ1) is 9.95. The van der Waals surface area contributed by atoms with Crippen LogP contribution in [0, 0.1) is 6.92 Å². The lowest BCUT2D eigenvalue weighted by atomic mass is 10.3. The molecule has 0 aliphatic rings. The van der Waals surface area contributed by atoms with Crippen molar-refractivity contribution >= 4 is 5.82 Å². The largest absolute Gasteiger partial charge is 0.373 e. The zero-order chi connectivity index (χ0) is 8.69. The van der Waals surface area contributed by atoms with Gasteiger partial charge in [0.1, 0.15) is 5.82 Å². The van der Waals surface area contributed by atoms with Crippen LogP contribution in [-0.4, -0.2) is 12.0 Å². The van der Waals surface area contributed by atoms with E-state index >= 15 is 0 Å². The van der Waals surface area contributed by atoms with E-state index < -0.39 is 0 Å². The molecule has 1 aromatic heterocycles. The molecule has 0 aliphatic heterocycles. The molecule has 0 saturated heterocycles. The zero-order valence-corrected chi connectivity index (χ0v) is 7.68. The number of nitrogens with zero attached hydrogens (tertiary/aromatic N) is 1. The van der Waals surface area contributed by atoms with E-state index in [4.69, 9.17) is 0 Å². The van der Waals surface area contributed by atoms with E-state index in [2.05, 4.69) is 10.3 Å². The second-order valence-electron chi connectivity index (χ2n) is 1.92. The molecule has 0 amide bonds. The first-order chi connectivity index (χ1) is 5.34. The van der Waals surface area contributed by atoms with Gasteiger partial charge in [0.25, 0.3) is 0 Å². The van der Waals surface area contributed by atoms with Crippen LogP contribution in [0.15, 0.2) is 18.3 Å². The van der Waals surface area contributed by atoms with Gasteiger partial charge in [0, 0.05) is 13.2 Å². The molecular formula is C9H16N2. The molecule has 0 bridgehead atoms. The average molecular weight is 152 g/mol. The van der Waals surface area contributed by atoms with Crippen LogP contribution in [0.1, 0.15) is 19.4 Å². The fraction of sp³-hybridized carbons (Fsp3) is 0.444. The van der Waals surface area contributed by atoms with E-state index in [-0.39, 0.29) is 0 Å². The highest BCUT2D eigenvalue weighted by atomic mass is 14.9. The van der Waals surface area contributed by atoms with Crippen molar-refractivity contribution in [3.8, 4) is 0 Å². The molecule has 0 aromatic carbocycles. The van der Waals surface area contributed by atoms with E-state index in [0.717, 1.165) is 5.82 Å². The maximum atomic E-state index is 4.09. The summed E-state index contributed by atoms with van der Waals surface area (Å²) in [5.41, 5.74) is 1.18. The number of anilines is 1. The summed E-state index contributed by atoms with van der Waals surface area (Å²) in [5, 5.41) is 2.98. The monoisotopic (exact) mass is 152 g/mol. The Labute approximate surface area is 68.7 Å². The third-order valence-electron chi connectivity index (χ3n) is 1.25. The summed E-state index contributed by atoms with van der Waals surface area (Å²) in [7, 11) is 1.87. The minimum atomic E-state index is 0.956. The molecule has 1 N–H and O–H groups in total. The predicted molar refractivity (Wildman–Crippen MR) is 49.9 cm³/mol. The molecule has 0 atom stereocenters. The van der Waals surface area contributed by atoms with E-state index in [9.17, 15) is 0 Å². The Morgan fingerprint density at radius 1 is 1.36 bits per heavy atom. The predicted octanol–water partition coefficient (Wildman–Crippen LogP) is 2.46. The highest BCUT2D eigenvalue weighted by Gasteiger charge is 1.90. The summed E-state index contributed by atoms with van der Waals surface area (Å²) in [5.74, 6) is 0.956. The van der Waals surface area contributed by atoms with Crippen LogP contribution >= 0.6 is 0 Å². The van der Waals surface area contributed by atoms with Crippen molar-refractivity contribution < 1.29 is 0 Å². The molecule has 0 saturated carbocycles. The summed E-state index contributed by atoms with van der Waals surface area (Å²) < 4.78 is 0. The van der Waals surface area contributed by atoms with Gasteiger partial charge >= 0.3 is 0 Å². The van der Waals surface area contributed by atoms with Gasteiger partial charge in [-0.3, -0.25) is 0 Å². The van der Waals surface area contributed by atoms with Crippen LogP contribution in [-0.2, 0) is 0 Å². The highest BCUT2D eigenvalue weighted by molar-refractivity contribution is 5.41. The molecule has 0 spiro atoms. The van der Waals surface area contributed by atoms with Crippen molar-refractivity contribution in [1.82, 2.24) is 4.98 Å². The quantitative estimate of drug-likeness (QED) is 0.668. The molecule has 1 heterocycles. The smallest absolute Gasteiger partial charge is 0.128 e. The van der Waals surface area contributed by atoms with Crippen LogP contribution in [0.3, 0.4) is 0 Å². The Bertz CT molecular complexity index is 197. The van der Waals surface area contributed by atoms with Crippen LogP contribution in [0.2, 0.25) is 0 Å². The first-order valence-electron chi connectivity index (χ1n) is 3.94. The molecule has 2 nitrogen and oxygen atoms in total. The minimum absolute atomic E-state index is 0.956. The lowest BCUT2D eigenvalue weighted by molar-refractivity contribution is 1.24. The standard InChI is InChI=1S/C7H10N2.C2H6/c1-6-4-3-5-9-7(6)8-2;1-2/h3-5H,1-2H3,(H,8,9);1-2H3. The second-order valence-corrected chi connectivity index (χ2v) is 1.92. The van der Waals surface area contributed by atoms with Crippen molar-refractivity contribution in [2.75, 3.05) is 12.4 Å². The lowest BCUT2D eigenvalue weighted by Gasteiger charge is -1.99. The van der Waals surface area contributed by atoms with Gasteiger partial charge in [0.2, 0.25) is 0 Å². The summed E-state index contributed by atoms with van der Waals surface area (Å²) in [4.78, 5) is 4.09. The Balaban J connectivity index is 0.000000461. The fourth-order valence-electron chi connectivity index (χ4n) is 0.747. The van der Waals surface area contributed by atoms with Gasteiger partial charge in [-0.2, -0.15) is 0 Å². The van der Waals surface area contributed by atoms with Gasteiger partial charge in [-0.1, -0.05) is 19.9 Å². The summed E-state index contributed by atoms with van der Waals surface area (Å²) in [6.45, 7) is 6.03. The lowest BCUT2D eigenvalue weighted by Crippen LogP contribution is -1.93. The Morgan fingerprint density at radius 2 is 2.00 bits per heavy atom. The minimum Gasteiger partial charge on any atom is -0.373 e. The van der Waals surface area contributed by atoms with Crippen LogP contribution in [0.5, 0.6) is 0 Å². The van der Waals surface area contributed by atoms with E-state index in [1.807, 2.05) is 40.0 Å². The van der Waals surface area contributed by atoms with E-state index in [0.29, 0.717) is 0 Å². The van der Waals surface area contributed by atoms with Crippen molar-refractivity contribution in [2.24, 2.45) is 0 Å². The van der Waals surface area contributed by atoms with Crippen molar-refractivity contribution in [3.05, 3.63) is 23.9 Å².